The first kappa shape index (κ1) is 28.0. The molecule has 0 aromatic heterocycles. The second-order valence-electron chi connectivity index (χ2n) is 10.1. The smallest absolute Gasteiger partial charge is 0.343 e. The molecule has 0 radical (unpaired) electrons. The highest BCUT2D eigenvalue weighted by Gasteiger charge is 2.47. The van der Waals surface area contributed by atoms with Crippen molar-refractivity contribution in [3.05, 3.63) is 35.4 Å². The van der Waals surface area contributed by atoms with Crippen molar-refractivity contribution in [3.8, 4) is 0 Å². The number of fused-ring (bicyclic) bond motifs is 1. The fraction of sp³-hybridized carbons (Fsp3) is 0.654. The number of rotatable bonds is 8. The summed E-state index contributed by atoms with van der Waals surface area (Å²) in [6.07, 6.45) is -1.66. The molecule has 1 heterocycles. The molecule has 0 bridgehead atoms. The summed E-state index contributed by atoms with van der Waals surface area (Å²) in [5.41, 5.74) is 7.50. The maximum Gasteiger partial charge on any atom is 0.471 e. The maximum absolute atomic E-state index is 13.7. The molecule has 0 unspecified atom stereocenters. The molecule has 2 aliphatic rings. The molecule has 0 saturated carbocycles. The Morgan fingerprint density at radius 2 is 1.86 bits per heavy atom. The van der Waals surface area contributed by atoms with Crippen LogP contribution in [0.4, 0.5) is 13.2 Å². The molecule has 7 nitrogen and oxygen atoms in total. The van der Waals surface area contributed by atoms with Gasteiger partial charge in [-0.3, -0.25) is 14.4 Å². The number of hydrogen-bond donors (Lipinski definition) is 2. The van der Waals surface area contributed by atoms with E-state index >= 15 is 0 Å². The molecule has 200 valence electrons. The van der Waals surface area contributed by atoms with Crippen molar-refractivity contribution in [1.82, 2.24) is 15.1 Å². The number of benzene rings is 1. The summed E-state index contributed by atoms with van der Waals surface area (Å²) < 4.78 is 41.1. The zero-order valence-corrected chi connectivity index (χ0v) is 21.2. The molecule has 1 saturated heterocycles. The van der Waals surface area contributed by atoms with Crippen molar-refractivity contribution < 1.29 is 27.6 Å². The van der Waals surface area contributed by atoms with Crippen LogP contribution >= 0.6 is 0 Å². The van der Waals surface area contributed by atoms with Crippen molar-refractivity contribution in [3.63, 3.8) is 0 Å². The Hall–Kier alpha value is -2.62. The highest BCUT2D eigenvalue weighted by Crippen LogP contribution is 2.37. The number of carbonyl (C=O) groups is 3. The number of likely N-dealkylation sites (tertiary alicyclic amines) is 1. The molecule has 1 aliphatic heterocycles. The zero-order valence-electron chi connectivity index (χ0n) is 21.2. The van der Waals surface area contributed by atoms with E-state index in [9.17, 15) is 27.6 Å². The summed E-state index contributed by atoms with van der Waals surface area (Å²) in [6, 6.07) is 4.42. The molecule has 36 heavy (non-hydrogen) atoms. The van der Waals surface area contributed by atoms with Crippen LogP contribution in [0.3, 0.4) is 0 Å². The topological polar surface area (TPSA) is 95.7 Å². The van der Waals surface area contributed by atoms with Gasteiger partial charge in [0.05, 0.1) is 12.1 Å². The summed E-state index contributed by atoms with van der Waals surface area (Å²) >= 11 is 0. The van der Waals surface area contributed by atoms with Gasteiger partial charge in [-0.25, -0.2) is 0 Å². The summed E-state index contributed by atoms with van der Waals surface area (Å²) in [6.45, 7) is 5.50. The SMILES string of the molecule is CC[C@H](N)C(=O)N[C@H](C(=O)N1CCC[C@H]1CN(C(=O)C(F)(F)F)[C@@H]1CCCc2ccccc21)C(C)C. The van der Waals surface area contributed by atoms with E-state index in [0.29, 0.717) is 38.6 Å². The van der Waals surface area contributed by atoms with E-state index < -0.39 is 42.2 Å². The van der Waals surface area contributed by atoms with Gasteiger partial charge in [-0.05, 0) is 55.6 Å². The van der Waals surface area contributed by atoms with Gasteiger partial charge in [-0.1, -0.05) is 45.0 Å². The van der Waals surface area contributed by atoms with Gasteiger partial charge in [0.25, 0.3) is 0 Å². The molecular formula is C26H37F3N4O3. The molecule has 1 aromatic rings. The van der Waals surface area contributed by atoms with Gasteiger partial charge >= 0.3 is 12.1 Å². The Labute approximate surface area is 210 Å². The minimum Gasteiger partial charge on any atom is -0.343 e. The van der Waals surface area contributed by atoms with Gasteiger partial charge in [-0.2, -0.15) is 13.2 Å². The van der Waals surface area contributed by atoms with Gasteiger partial charge in [0.1, 0.15) is 6.04 Å². The van der Waals surface area contributed by atoms with E-state index in [2.05, 4.69) is 5.32 Å². The Kier molecular flexibility index (Phi) is 9.03. The summed E-state index contributed by atoms with van der Waals surface area (Å²) in [5.74, 6) is -2.92. The van der Waals surface area contributed by atoms with Crippen molar-refractivity contribution in [1.29, 1.82) is 0 Å². The average Bonchev–Trinajstić information content (AvgIpc) is 3.31. The fourth-order valence-electron chi connectivity index (χ4n) is 5.25. The van der Waals surface area contributed by atoms with Gasteiger partial charge in [0.15, 0.2) is 0 Å². The van der Waals surface area contributed by atoms with Crippen molar-refractivity contribution >= 4 is 17.7 Å². The van der Waals surface area contributed by atoms with Crippen LogP contribution in [-0.4, -0.2) is 64.9 Å². The number of nitrogens with one attached hydrogen (secondary N) is 1. The molecule has 4 atom stereocenters. The molecule has 1 fully saturated rings. The fourth-order valence-corrected chi connectivity index (χ4v) is 5.25. The predicted molar refractivity (Wildman–Crippen MR) is 130 cm³/mol. The lowest BCUT2D eigenvalue weighted by molar-refractivity contribution is -0.189. The summed E-state index contributed by atoms with van der Waals surface area (Å²) in [5, 5.41) is 2.73. The number of nitrogens with zero attached hydrogens (tertiary/aromatic N) is 2. The minimum atomic E-state index is -5.02. The normalized spacial score (nSPS) is 21.6. The Balaban J connectivity index is 1.86. The van der Waals surface area contributed by atoms with Gasteiger partial charge in [-0.15, -0.1) is 0 Å². The molecular weight excluding hydrogens is 473 g/mol. The standard InChI is InChI=1S/C26H37F3N4O3/c1-4-20(30)23(34)31-22(16(2)3)24(35)32-14-8-11-18(32)15-33(25(36)26(27,28)29)21-13-7-10-17-9-5-6-12-19(17)21/h5-6,9,12,16,18,20-22H,4,7-8,10-11,13-15,30H2,1-3H3,(H,31,34)/t18-,20-,21+,22-/m0/s1. The highest BCUT2D eigenvalue weighted by molar-refractivity contribution is 5.90. The highest BCUT2D eigenvalue weighted by atomic mass is 19.4. The van der Waals surface area contributed by atoms with Gasteiger partial charge < -0.3 is 20.9 Å². The zero-order chi connectivity index (χ0) is 26.6. The first-order valence-corrected chi connectivity index (χ1v) is 12.8. The lowest BCUT2D eigenvalue weighted by Crippen LogP contribution is -2.57. The monoisotopic (exact) mass is 510 g/mol. The predicted octanol–water partition coefficient (Wildman–Crippen LogP) is 3.32. The van der Waals surface area contributed by atoms with E-state index in [-0.39, 0.29) is 18.4 Å². The number of nitrogens with two attached hydrogens (primary N) is 1. The van der Waals surface area contributed by atoms with E-state index in [4.69, 9.17) is 5.73 Å². The lowest BCUT2D eigenvalue weighted by Gasteiger charge is -2.40. The van der Waals surface area contributed by atoms with Crippen LogP contribution in [0.15, 0.2) is 24.3 Å². The minimum absolute atomic E-state index is 0.212. The first-order chi connectivity index (χ1) is 17.0. The third kappa shape index (κ3) is 6.19. The average molecular weight is 511 g/mol. The summed E-state index contributed by atoms with van der Waals surface area (Å²) in [4.78, 5) is 41.0. The molecule has 3 rings (SSSR count). The van der Waals surface area contributed by atoms with Gasteiger partial charge in [0, 0.05) is 19.1 Å². The van der Waals surface area contributed by atoms with Crippen molar-refractivity contribution in [2.75, 3.05) is 13.1 Å². The lowest BCUT2D eigenvalue weighted by atomic mass is 9.86. The third-order valence-corrected chi connectivity index (χ3v) is 7.29. The Morgan fingerprint density at radius 1 is 1.17 bits per heavy atom. The molecule has 1 aliphatic carbocycles. The van der Waals surface area contributed by atoms with Crippen molar-refractivity contribution in [2.45, 2.75) is 89.6 Å². The number of alkyl halides is 3. The van der Waals surface area contributed by atoms with Crippen LogP contribution in [0.1, 0.15) is 70.0 Å². The first-order valence-electron chi connectivity index (χ1n) is 12.8. The van der Waals surface area contributed by atoms with Crippen LogP contribution in [-0.2, 0) is 20.8 Å². The Bertz CT molecular complexity index is 953. The van der Waals surface area contributed by atoms with Gasteiger partial charge in [0.2, 0.25) is 11.8 Å². The maximum atomic E-state index is 13.7. The third-order valence-electron chi connectivity index (χ3n) is 7.29. The van der Waals surface area contributed by atoms with Crippen molar-refractivity contribution in [2.24, 2.45) is 11.7 Å². The van der Waals surface area contributed by atoms with E-state index in [1.807, 2.05) is 12.1 Å². The largest absolute Gasteiger partial charge is 0.471 e. The van der Waals surface area contributed by atoms with E-state index in [1.54, 1.807) is 32.9 Å². The molecule has 3 N–H and O–H groups in total. The van der Waals surface area contributed by atoms with Crippen LogP contribution in [0.5, 0.6) is 0 Å². The molecule has 3 amide bonds. The van der Waals surface area contributed by atoms with E-state index in [0.717, 1.165) is 22.4 Å². The second-order valence-corrected chi connectivity index (χ2v) is 10.1. The Morgan fingerprint density at radius 3 is 2.50 bits per heavy atom. The quantitative estimate of drug-likeness (QED) is 0.561. The second kappa shape index (κ2) is 11.6. The van der Waals surface area contributed by atoms with Crippen LogP contribution < -0.4 is 11.1 Å². The summed E-state index contributed by atoms with van der Waals surface area (Å²) in [7, 11) is 0. The number of carbonyl (C=O) groups excluding carboxylic acids is 3. The number of amides is 3. The van der Waals surface area contributed by atoms with Crippen LogP contribution in [0.2, 0.25) is 0 Å². The van der Waals surface area contributed by atoms with Crippen LogP contribution in [0, 0.1) is 5.92 Å². The van der Waals surface area contributed by atoms with E-state index in [1.165, 1.54) is 4.90 Å². The molecule has 10 heteroatoms. The molecule has 1 aromatic carbocycles. The number of halogens is 3. The molecule has 0 spiro atoms. The van der Waals surface area contributed by atoms with Crippen LogP contribution in [0.25, 0.3) is 0 Å². The number of hydrogen-bond acceptors (Lipinski definition) is 4. The number of aryl methyl sites for hydroxylation is 1.